The molecule has 4 nitrogen and oxygen atoms in total. The maximum absolute atomic E-state index is 8.08. The molecule has 0 spiro atoms. The van der Waals surface area contributed by atoms with E-state index in [2.05, 4.69) is 16.0 Å². The highest BCUT2D eigenvalue weighted by Gasteiger charge is 2.24. The summed E-state index contributed by atoms with van der Waals surface area (Å²) in [6, 6.07) is 4.06. The Bertz CT molecular complexity index is 1000. The first-order valence-corrected chi connectivity index (χ1v) is 7.29. The molecule has 4 heteroatoms. The number of hydrogen-bond acceptors (Lipinski definition) is 2. The van der Waals surface area contributed by atoms with E-state index in [1.165, 1.54) is 0 Å². The highest BCUT2D eigenvalue weighted by molar-refractivity contribution is 5.71. The van der Waals surface area contributed by atoms with Crippen molar-refractivity contribution in [1.29, 1.82) is 0 Å². The van der Waals surface area contributed by atoms with Crippen molar-refractivity contribution in [2.24, 2.45) is 7.05 Å². The normalized spacial score (nSPS) is 15.0. The predicted octanol–water partition coefficient (Wildman–Crippen LogP) is 2.59. The molecule has 22 heavy (non-hydrogen) atoms. The second-order valence-electron chi connectivity index (χ2n) is 5.84. The van der Waals surface area contributed by atoms with Crippen molar-refractivity contribution in [3.05, 3.63) is 59.1 Å². The number of aryl methyl sites for hydroxylation is 2. The second-order valence-corrected chi connectivity index (χ2v) is 5.84. The average molecular weight is 294 g/mol. The van der Waals surface area contributed by atoms with Gasteiger partial charge in [-0.05, 0) is 36.5 Å². The zero-order chi connectivity index (χ0) is 17.9. The highest BCUT2D eigenvalue weighted by Crippen LogP contribution is 2.36. The van der Waals surface area contributed by atoms with Crippen LogP contribution in [0.1, 0.15) is 32.3 Å². The highest BCUT2D eigenvalue weighted by atomic mass is 15.1. The van der Waals surface area contributed by atoms with Crippen molar-refractivity contribution in [2.45, 2.75) is 27.1 Å². The molecule has 0 amide bonds. The molecule has 0 fully saturated rings. The third-order valence-electron chi connectivity index (χ3n) is 4.42. The quantitative estimate of drug-likeness (QED) is 0.506. The largest absolute Gasteiger partial charge is 0.303 e. The summed E-state index contributed by atoms with van der Waals surface area (Å²) in [7, 11) is 1.92. The van der Waals surface area contributed by atoms with Gasteiger partial charge in [0.25, 0.3) is 6.33 Å². The Morgan fingerprint density at radius 2 is 2.09 bits per heavy atom. The van der Waals surface area contributed by atoms with Gasteiger partial charge >= 0.3 is 0 Å². The number of fused-ring (bicyclic) bond motifs is 3. The van der Waals surface area contributed by atoms with E-state index in [0.29, 0.717) is 12.0 Å². The summed E-state index contributed by atoms with van der Waals surface area (Å²) in [6.45, 7) is 1.66. The van der Waals surface area contributed by atoms with Crippen molar-refractivity contribution >= 4 is 0 Å². The summed E-state index contributed by atoms with van der Waals surface area (Å²) in [5.41, 5.74) is 5.77. The number of rotatable bonds is 1. The van der Waals surface area contributed by atoms with Crippen LogP contribution in [0.4, 0.5) is 0 Å². The minimum atomic E-state index is -2.17. The average Bonchev–Trinajstić information content (AvgIpc) is 3.08. The standard InChI is InChI=1S/C18H19N4/c1-11-7-16(21(4)10-20-11)14-8-17-15(13(3)12(14)2)9-18-19-5-6-22(17)18/h5-8,10H,9H2,1-4H3/q+1/i3D3. The first kappa shape index (κ1) is 10.3. The minimum absolute atomic E-state index is 0.444. The molecule has 1 aliphatic heterocycles. The van der Waals surface area contributed by atoms with Crippen molar-refractivity contribution in [3.63, 3.8) is 0 Å². The number of nitrogens with zero attached hydrogens (tertiary/aromatic N) is 4. The minimum Gasteiger partial charge on any atom is -0.303 e. The predicted molar refractivity (Wildman–Crippen MR) is 85.0 cm³/mol. The van der Waals surface area contributed by atoms with Crippen LogP contribution < -0.4 is 4.57 Å². The van der Waals surface area contributed by atoms with Gasteiger partial charge in [-0.3, -0.25) is 0 Å². The molecule has 4 rings (SSSR count). The van der Waals surface area contributed by atoms with Gasteiger partial charge in [0.05, 0.1) is 12.7 Å². The van der Waals surface area contributed by atoms with Crippen LogP contribution in [-0.2, 0) is 13.5 Å². The fourth-order valence-electron chi connectivity index (χ4n) is 3.17. The Hall–Kier alpha value is -2.49. The van der Waals surface area contributed by atoms with Crippen LogP contribution in [-0.4, -0.2) is 14.5 Å². The number of imidazole rings is 1. The number of aromatic nitrogens is 4. The lowest BCUT2D eigenvalue weighted by Crippen LogP contribution is -2.31. The van der Waals surface area contributed by atoms with Crippen LogP contribution in [0.25, 0.3) is 16.9 Å². The zero-order valence-corrected chi connectivity index (χ0v) is 12.9. The van der Waals surface area contributed by atoms with E-state index in [1.807, 2.05) is 42.3 Å². The number of benzene rings is 1. The van der Waals surface area contributed by atoms with E-state index < -0.39 is 6.85 Å². The Labute approximate surface area is 134 Å². The molecule has 0 aliphatic carbocycles. The first-order valence-electron chi connectivity index (χ1n) is 8.79. The lowest BCUT2D eigenvalue weighted by Gasteiger charge is -2.14. The molecule has 2 aromatic heterocycles. The molecule has 3 aromatic rings. The SMILES string of the molecule is [2H]C([2H])([2H])c1c(C)c(-c2cc(C)nc[n+]2C)cc2c1Cc1nccn1-2. The molecule has 0 atom stereocenters. The topological polar surface area (TPSA) is 34.6 Å². The molecule has 0 saturated carbocycles. The summed E-state index contributed by atoms with van der Waals surface area (Å²) in [5.74, 6) is 0.882. The van der Waals surface area contributed by atoms with Crippen molar-refractivity contribution in [1.82, 2.24) is 14.5 Å². The molecule has 0 radical (unpaired) electrons. The molecule has 1 aliphatic rings. The van der Waals surface area contributed by atoms with Crippen molar-refractivity contribution < 1.29 is 8.68 Å². The van der Waals surface area contributed by atoms with Gasteiger partial charge in [0.15, 0.2) is 5.69 Å². The Kier molecular flexibility index (Phi) is 2.10. The van der Waals surface area contributed by atoms with E-state index in [-0.39, 0.29) is 0 Å². The van der Waals surface area contributed by atoms with Crippen LogP contribution >= 0.6 is 0 Å². The molecule has 1 aromatic carbocycles. The van der Waals surface area contributed by atoms with Crippen LogP contribution in [0.2, 0.25) is 0 Å². The van der Waals surface area contributed by atoms with Crippen LogP contribution in [0.15, 0.2) is 30.9 Å². The smallest absolute Gasteiger partial charge is 0.286 e. The summed E-state index contributed by atoms with van der Waals surface area (Å²) in [5, 5.41) is 0. The third kappa shape index (κ3) is 1.73. The summed E-state index contributed by atoms with van der Waals surface area (Å²) < 4.78 is 28.2. The van der Waals surface area contributed by atoms with Crippen LogP contribution in [0.5, 0.6) is 0 Å². The fourth-order valence-corrected chi connectivity index (χ4v) is 3.17. The molecular formula is C18H19N4+. The van der Waals surface area contributed by atoms with E-state index in [4.69, 9.17) is 4.11 Å². The first-order chi connectivity index (χ1) is 11.8. The molecular weight excluding hydrogens is 272 g/mol. The molecule has 0 bridgehead atoms. The van der Waals surface area contributed by atoms with Gasteiger partial charge in [-0.25, -0.2) is 9.55 Å². The zero-order valence-electron chi connectivity index (χ0n) is 15.9. The molecule has 0 unspecified atom stereocenters. The van der Waals surface area contributed by atoms with Gasteiger partial charge in [-0.15, -0.1) is 0 Å². The van der Waals surface area contributed by atoms with Crippen molar-refractivity contribution in [2.75, 3.05) is 0 Å². The molecule has 110 valence electrons. The van der Waals surface area contributed by atoms with Gasteiger partial charge in [0, 0.05) is 41.5 Å². The molecule has 0 N–H and O–H groups in total. The monoisotopic (exact) mass is 294 g/mol. The Morgan fingerprint density at radius 3 is 2.91 bits per heavy atom. The van der Waals surface area contributed by atoms with Gasteiger partial charge in [0.1, 0.15) is 11.5 Å². The van der Waals surface area contributed by atoms with E-state index in [1.54, 1.807) is 12.5 Å². The molecule has 0 saturated heterocycles. The van der Waals surface area contributed by atoms with Gasteiger partial charge in [0.2, 0.25) is 0 Å². The Morgan fingerprint density at radius 1 is 1.23 bits per heavy atom. The van der Waals surface area contributed by atoms with Crippen LogP contribution in [0, 0.1) is 20.7 Å². The molecule has 3 heterocycles. The number of hydrogen-bond donors (Lipinski definition) is 0. The summed E-state index contributed by atoms with van der Waals surface area (Å²) >= 11 is 0. The lowest BCUT2D eigenvalue weighted by molar-refractivity contribution is -0.663. The maximum atomic E-state index is 8.08. The van der Waals surface area contributed by atoms with E-state index in [0.717, 1.165) is 39.6 Å². The van der Waals surface area contributed by atoms with E-state index in [9.17, 15) is 0 Å². The summed E-state index contributed by atoms with van der Waals surface area (Å²) in [6.07, 6.45) is 5.96. The lowest BCUT2D eigenvalue weighted by atomic mass is 9.93. The van der Waals surface area contributed by atoms with Crippen LogP contribution in [0.3, 0.4) is 0 Å². The Balaban J connectivity index is 2.08. The van der Waals surface area contributed by atoms with Crippen molar-refractivity contribution in [3.8, 4) is 16.9 Å². The van der Waals surface area contributed by atoms with E-state index >= 15 is 0 Å². The fraction of sp³-hybridized carbons (Fsp3) is 0.278. The van der Waals surface area contributed by atoms with Gasteiger partial charge < -0.3 is 4.57 Å². The van der Waals surface area contributed by atoms with Gasteiger partial charge in [-0.2, -0.15) is 0 Å². The second kappa shape index (κ2) is 4.50. The van der Waals surface area contributed by atoms with Gasteiger partial charge in [-0.1, -0.05) is 4.98 Å². The maximum Gasteiger partial charge on any atom is 0.286 e. The third-order valence-corrected chi connectivity index (χ3v) is 4.42. The summed E-state index contributed by atoms with van der Waals surface area (Å²) in [4.78, 5) is 8.67.